The molecule has 0 amide bonds. The summed E-state index contributed by atoms with van der Waals surface area (Å²) in [4.78, 5) is 4.58. The van der Waals surface area contributed by atoms with Crippen LogP contribution in [0, 0.1) is 0 Å². The molecule has 1 unspecified atom stereocenters. The second-order valence-corrected chi connectivity index (χ2v) is 4.90. The lowest BCUT2D eigenvalue weighted by Gasteiger charge is -2.14. The first-order chi connectivity index (χ1) is 9.28. The Balaban J connectivity index is 0.00000200. The summed E-state index contributed by atoms with van der Waals surface area (Å²) < 4.78 is 7.64. The fraction of sp³-hybridized carbons (Fsp3) is 0.643. The summed E-state index contributed by atoms with van der Waals surface area (Å²) in [5.41, 5.74) is 1.22. The summed E-state index contributed by atoms with van der Waals surface area (Å²) in [5.74, 6) is 0.863. The summed E-state index contributed by atoms with van der Waals surface area (Å²) in [6, 6.07) is 2.09. The summed E-state index contributed by atoms with van der Waals surface area (Å²) in [5, 5.41) is 6.61. The van der Waals surface area contributed by atoms with Crippen molar-refractivity contribution in [3.63, 3.8) is 0 Å². The van der Waals surface area contributed by atoms with Gasteiger partial charge in [-0.1, -0.05) is 0 Å². The fourth-order valence-corrected chi connectivity index (χ4v) is 2.18. The average molecular weight is 392 g/mol. The normalized spacial score (nSPS) is 18.7. The largest absolute Gasteiger partial charge is 0.376 e. The first-order valence-electron chi connectivity index (χ1n) is 7.02. The van der Waals surface area contributed by atoms with Gasteiger partial charge in [0.2, 0.25) is 0 Å². The van der Waals surface area contributed by atoms with E-state index in [0.29, 0.717) is 12.6 Å². The van der Waals surface area contributed by atoms with Gasteiger partial charge in [-0.15, -0.1) is 24.0 Å². The zero-order valence-electron chi connectivity index (χ0n) is 12.3. The number of aromatic nitrogens is 1. The molecule has 1 fully saturated rings. The fourth-order valence-electron chi connectivity index (χ4n) is 2.18. The monoisotopic (exact) mass is 392 g/mol. The van der Waals surface area contributed by atoms with Crippen LogP contribution in [-0.2, 0) is 18.3 Å². The van der Waals surface area contributed by atoms with Gasteiger partial charge >= 0.3 is 0 Å². The first kappa shape index (κ1) is 17.3. The Morgan fingerprint density at radius 1 is 1.50 bits per heavy atom. The Labute approximate surface area is 138 Å². The number of halogens is 1. The Hall–Kier alpha value is -0.760. The molecule has 0 radical (unpaired) electrons. The van der Waals surface area contributed by atoms with Gasteiger partial charge in [0, 0.05) is 39.1 Å². The summed E-state index contributed by atoms with van der Waals surface area (Å²) >= 11 is 0. The van der Waals surface area contributed by atoms with Gasteiger partial charge in [0.25, 0.3) is 0 Å². The predicted octanol–water partition coefficient (Wildman–Crippen LogP) is 1.88. The summed E-state index contributed by atoms with van der Waals surface area (Å²) in [7, 11) is 2.02. The maximum absolute atomic E-state index is 5.60. The van der Waals surface area contributed by atoms with E-state index in [1.165, 1.54) is 12.0 Å². The van der Waals surface area contributed by atoms with E-state index < -0.39 is 0 Å². The molecule has 2 N–H and O–H groups in total. The van der Waals surface area contributed by atoms with Crippen LogP contribution in [0.1, 0.15) is 25.3 Å². The number of aliphatic imine (C=N–C) groups is 1. The van der Waals surface area contributed by atoms with Crippen molar-refractivity contribution in [1.29, 1.82) is 0 Å². The van der Waals surface area contributed by atoms with E-state index >= 15 is 0 Å². The van der Waals surface area contributed by atoms with E-state index in [1.54, 1.807) is 0 Å². The molecule has 5 nitrogen and oxygen atoms in total. The second kappa shape index (κ2) is 9.23. The molecular formula is C14H25IN4O. The van der Waals surface area contributed by atoms with Gasteiger partial charge in [-0.25, -0.2) is 4.99 Å². The second-order valence-electron chi connectivity index (χ2n) is 4.90. The molecule has 1 aromatic rings. The van der Waals surface area contributed by atoms with E-state index in [2.05, 4.69) is 34.8 Å². The molecule has 2 heterocycles. The number of nitrogens with zero attached hydrogens (tertiary/aromatic N) is 2. The molecule has 0 bridgehead atoms. The molecule has 0 saturated carbocycles. The number of hydrogen-bond donors (Lipinski definition) is 2. The van der Waals surface area contributed by atoms with Gasteiger partial charge in [-0.3, -0.25) is 0 Å². The van der Waals surface area contributed by atoms with Crippen LogP contribution in [0.2, 0.25) is 0 Å². The van der Waals surface area contributed by atoms with Gasteiger partial charge in [0.15, 0.2) is 5.96 Å². The van der Waals surface area contributed by atoms with E-state index in [-0.39, 0.29) is 24.0 Å². The molecule has 0 aliphatic carbocycles. The van der Waals surface area contributed by atoms with Gasteiger partial charge in [-0.05, 0) is 31.4 Å². The number of guanidine groups is 1. The molecule has 0 spiro atoms. The third-order valence-electron chi connectivity index (χ3n) is 3.18. The third-order valence-corrected chi connectivity index (χ3v) is 3.18. The minimum absolute atomic E-state index is 0. The SMILES string of the molecule is CCNC(=NCc1ccn(C)c1)NCC1CCCO1.I. The summed E-state index contributed by atoms with van der Waals surface area (Å²) in [6.07, 6.45) is 6.78. The topological polar surface area (TPSA) is 50.6 Å². The lowest BCUT2D eigenvalue weighted by atomic mass is 10.2. The van der Waals surface area contributed by atoms with Crippen molar-refractivity contribution < 1.29 is 4.74 Å². The molecule has 0 aromatic carbocycles. The number of hydrogen-bond acceptors (Lipinski definition) is 2. The van der Waals surface area contributed by atoms with Crippen molar-refractivity contribution in [3.8, 4) is 0 Å². The standard InChI is InChI=1S/C14H24N4O.HI/c1-3-15-14(17-10-13-5-4-8-19-13)16-9-12-6-7-18(2)11-12;/h6-7,11,13H,3-5,8-10H2,1-2H3,(H2,15,16,17);1H. The van der Waals surface area contributed by atoms with Crippen molar-refractivity contribution in [1.82, 2.24) is 15.2 Å². The molecular weight excluding hydrogens is 367 g/mol. The molecule has 2 rings (SSSR count). The van der Waals surface area contributed by atoms with Crippen molar-refractivity contribution in [2.45, 2.75) is 32.4 Å². The number of aryl methyl sites for hydroxylation is 1. The quantitative estimate of drug-likeness (QED) is 0.457. The first-order valence-corrected chi connectivity index (χ1v) is 7.02. The van der Waals surface area contributed by atoms with E-state index in [4.69, 9.17) is 4.74 Å². The van der Waals surface area contributed by atoms with E-state index in [9.17, 15) is 0 Å². The molecule has 1 aliphatic heterocycles. The lowest BCUT2D eigenvalue weighted by Crippen LogP contribution is -2.41. The van der Waals surface area contributed by atoms with Crippen molar-refractivity contribution in [2.24, 2.45) is 12.0 Å². The highest BCUT2D eigenvalue weighted by Gasteiger charge is 2.15. The Kier molecular flexibility index (Phi) is 7.98. The van der Waals surface area contributed by atoms with Crippen LogP contribution in [-0.4, -0.2) is 36.3 Å². The number of nitrogens with one attached hydrogen (secondary N) is 2. The van der Waals surface area contributed by atoms with Gasteiger partial charge in [0.1, 0.15) is 0 Å². The maximum Gasteiger partial charge on any atom is 0.191 e. The van der Waals surface area contributed by atoms with Gasteiger partial charge in [-0.2, -0.15) is 0 Å². The minimum Gasteiger partial charge on any atom is -0.376 e. The van der Waals surface area contributed by atoms with Crippen LogP contribution < -0.4 is 10.6 Å². The Morgan fingerprint density at radius 3 is 2.95 bits per heavy atom. The summed E-state index contributed by atoms with van der Waals surface area (Å²) in [6.45, 7) is 5.37. The smallest absolute Gasteiger partial charge is 0.191 e. The molecule has 1 atom stereocenters. The predicted molar refractivity (Wildman–Crippen MR) is 92.6 cm³/mol. The van der Waals surface area contributed by atoms with Gasteiger partial charge in [0.05, 0.1) is 12.6 Å². The molecule has 6 heteroatoms. The molecule has 1 saturated heterocycles. The van der Waals surface area contributed by atoms with Crippen LogP contribution in [0.5, 0.6) is 0 Å². The van der Waals surface area contributed by atoms with Crippen LogP contribution in [0.15, 0.2) is 23.5 Å². The van der Waals surface area contributed by atoms with Crippen LogP contribution in [0.4, 0.5) is 0 Å². The van der Waals surface area contributed by atoms with Crippen molar-refractivity contribution >= 4 is 29.9 Å². The zero-order valence-corrected chi connectivity index (χ0v) is 14.6. The van der Waals surface area contributed by atoms with Crippen LogP contribution >= 0.6 is 24.0 Å². The highest BCUT2D eigenvalue weighted by molar-refractivity contribution is 14.0. The van der Waals surface area contributed by atoms with Gasteiger partial charge < -0.3 is 19.9 Å². The van der Waals surface area contributed by atoms with Crippen molar-refractivity contribution in [2.75, 3.05) is 19.7 Å². The molecule has 1 aromatic heterocycles. The highest BCUT2D eigenvalue weighted by Crippen LogP contribution is 2.10. The Morgan fingerprint density at radius 2 is 2.35 bits per heavy atom. The minimum atomic E-state index is 0. The lowest BCUT2D eigenvalue weighted by molar-refractivity contribution is 0.114. The highest BCUT2D eigenvalue weighted by atomic mass is 127. The number of ether oxygens (including phenoxy) is 1. The maximum atomic E-state index is 5.60. The third kappa shape index (κ3) is 5.70. The van der Waals surface area contributed by atoms with E-state index in [1.807, 2.05) is 17.8 Å². The zero-order chi connectivity index (χ0) is 13.5. The molecule has 20 heavy (non-hydrogen) atoms. The molecule has 1 aliphatic rings. The van der Waals surface area contributed by atoms with E-state index in [0.717, 1.165) is 32.1 Å². The van der Waals surface area contributed by atoms with Crippen LogP contribution in [0.3, 0.4) is 0 Å². The number of rotatable bonds is 5. The van der Waals surface area contributed by atoms with Crippen LogP contribution in [0.25, 0.3) is 0 Å². The Bertz CT molecular complexity index is 413. The van der Waals surface area contributed by atoms with Crippen molar-refractivity contribution in [3.05, 3.63) is 24.0 Å². The molecule has 114 valence electrons. The average Bonchev–Trinajstić information content (AvgIpc) is 3.04.